The number of nitrogens with zero attached hydrogens (tertiary/aromatic N) is 1. The van der Waals surface area contributed by atoms with Gasteiger partial charge in [-0.3, -0.25) is 14.9 Å². The van der Waals surface area contributed by atoms with Crippen LogP contribution < -0.4 is 0 Å². The number of nitro groups is 1. The van der Waals surface area contributed by atoms with E-state index in [0.717, 1.165) is 11.1 Å². The number of ketones is 1. The highest BCUT2D eigenvalue weighted by molar-refractivity contribution is 6.06. The molecule has 0 bridgehead atoms. The smallest absolute Gasteiger partial charge is 0.269 e. The topological polar surface area (TPSA) is 73.3 Å². The number of rotatable bonds is 5. The lowest BCUT2D eigenvalue weighted by atomic mass is 10.0. The summed E-state index contributed by atoms with van der Waals surface area (Å²) < 4.78 is 5.14. The third kappa shape index (κ3) is 3.47. The van der Waals surface area contributed by atoms with Crippen LogP contribution in [0.1, 0.15) is 16.1 Å². The van der Waals surface area contributed by atoms with Crippen molar-refractivity contribution in [1.82, 2.24) is 0 Å². The van der Waals surface area contributed by atoms with Crippen molar-refractivity contribution >= 4 is 17.5 Å². The van der Waals surface area contributed by atoms with Crippen molar-refractivity contribution in [2.45, 2.75) is 0 Å². The highest BCUT2D eigenvalue weighted by Crippen LogP contribution is 2.23. The van der Waals surface area contributed by atoms with Gasteiger partial charge in [-0.05, 0) is 47.5 Å². The minimum Gasteiger partial charge on any atom is -0.465 e. The molecule has 0 fully saturated rings. The summed E-state index contributed by atoms with van der Waals surface area (Å²) in [6, 6.07) is 16.9. The number of carbonyl (C=O) groups is 1. The number of allylic oxidation sites excluding steroid dienone is 1. The van der Waals surface area contributed by atoms with E-state index in [1.807, 2.05) is 12.1 Å². The van der Waals surface area contributed by atoms with Gasteiger partial charge in [0.15, 0.2) is 5.78 Å². The lowest BCUT2D eigenvalue weighted by Crippen LogP contribution is -1.93. The summed E-state index contributed by atoms with van der Waals surface area (Å²) in [5.41, 5.74) is 2.35. The number of hydrogen-bond acceptors (Lipinski definition) is 4. The first kappa shape index (κ1) is 15.4. The van der Waals surface area contributed by atoms with Gasteiger partial charge in [0, 0.05) is 17.7 Å². The predicted molar refractivity (Wildman–Crippen MR) is 90.6 cm³/mol. The quantitative estimate of drug-likeness (QED) is 0.294. The molecule has 0 aliphatic carbocycles. The molecule has 5 nitrogen and oxygen atoms in total. The molecule has 1 aromatic heterocycles. The minimum absolute atomic E-state index is 0.0496. The fraction of sp³-hybridized carbons (Fsp3) is 0. The van der Waals surface area contributed by atoms with Crippen molar-refractivity contribution in [3.05, 3.63) is 94.4 Å². The van der Waals surface area contributed by atoms with Gasteiger partial charge in [0.2, 0.25) is 0 Å². The van der Waals surface area contributed by atoms with Crippen molar-refractivity contribution in [2.75, 3.05) is 0 Å². The summed E-state index contributed by atoms with van der Waals surface area (Å²) in [5.74, 6) is 0.493. The normalized spacial score (nSPS) is 10.8. The van der Waals surface area contributed by atoms with Gasteiger partial charge in [0.1, 0.15) is 5.76 Å². The Kier molecular flexibility index (Phi) is 4.34. The number of hydrogen-bond donors (Lipinski definition) is 0. The van der Waals surface area contributed by atoms with Crippen molar-refractivity contribution in [3.8, 4) is 11.1 Å². The summed E-state index contributed by atoms with van der Waals surface area (Å²) in [7, 11) is 0. The van der Waals surface area contributed by atoms with E-state index < -0.39 is 4.92 Å². The summed E-state index contributed by atoms with van der Waals surface area (Å²) in [6.07, 6.45) is 4.62. The molecule has 0 N–H and O–H groups in total. The third-order valence-electron chi connectivity index (χ3n) is 3.52. The maximum Gasteiger partial charge on any atom is 0.269 e. The fourth-order valence-electron chi connectivity index (χ4n) is 2.24. The van der Waals surface area contributed by atoms with E-state index in [9.17, 15) is 14.9 Å². The summed E-state index contributed by atoms with van der Waals surface area (Å²) >= 11 is 0. The van der Waals surface area contributed by atoms with E-state index in [1.54, 1.807) is 48.7 Å². The first-order valence-electron chi connectivity index (χ1n) is 7.24. The second-order valence-electron chi connectivity index (χ2n) is 5.09. The highest BCUT2D eigenvalue weighted by Gasteiger charge is 2.06. The van der Waals surface area contributed by atoms with Gasteiger partial charge < -0.3 is 4.42 Å². The zero-order chi connectivity index (χ0) is 16.9. The first-order chi connectivity index (χ1) is 11.6. The van der Waals surface area contributed by atoms with Crippen molar-refractivity contribution in [1.29, 1.82) is 0 Å². The minimum atomic E-state index is -0.434. The molecule has 2 aromatic carbocycles. The Morgan fingerprint density at radius 2 is 1.58 bits per heavy atom. The van der Waals surface area contributed by atoms with Crippen molar-refractivity contribution in [2.24, 2.45) is 0 Å². The number of non-ortho nitro benzene ring substituents is 1. The lowest BCUT2D eigenvalue weighted by Gasteiger charge is -2.02. The van der Waals surface area contributed by atoms with Crippen LogP contribution in [0, 0.1) is 10.1 Å². The Morgan fingerprint density at radius 3 is 2.12 bits per heavy atom. The Hall–Kier alpha value is -3.47. The molecule has 0 atom stereocenters. The molecular weight excluding hydrogens is 306 g/mol. The van der Waals surface area contributed by atoms with Gasteiger partial charge in [0.25, 0.3) is 5.69 Å². The molecule has 24 heavy (non-hydrogen) atoms. The van der Waals surface area contributed by atoms with Crippen LogP contribution in [0.15, 0.2) is 77.4 Å². The molecule has 0 saturated carbocycles. The molecule has 0 radical (unpaired) electrons. The molecule has 0 amide bonds. The van der Waals surface area contributed by atoms with Crippen LogP contribution in [0.5, 0.6) is 0 Å². The molecule has 0 aliphatic rings. The van der Waals surface area contributed by atoms with Crippen LogP contribution in [0.3, 0.4) is 0 Å². The largest absolute Gasteiger partial charge is 0.465 e. The molecule has 0 saturated heterocycles. The average molecular weight is 319 g/mol. The van der Waals surface area contributed by atoms with E-state index in [1.165, 1.54) is 18.2 Å². The SMILES string of the molecule is O=C(/C=C/c1ccco1)c1ccc(-c2ccc([N+](=O)[O-])cc2)cc1. The molecule has 0 unspecified atom stereocenters. The van der Waals surface area contributed by atoms with E-state index in [-0.39, 0.29) is 11.5 Å². The lowest BCUT2D eigenvalue weighted by molar-refractivity contribution is -0.384. The molecule has 118 valence electrons. The molecule has 5 heteroatoms. The van der Waals surface area contributed by atoms with E-state index >= 15 is 0 Å². The van der Waals surface area contributed by atoms with Crippen molar-refractivity contribution < 1.29 is 14.1 Å². The van der Waals surface area contributed by atoms with Crippen LogP contribution >= 0.6 is 0 Å². The second kappa shape index (κ2) is 6.75. The zero-order valence-electron chi connectivity index (χ0n) is 12.6. The molecule has 0 aliphatic heterocycles. The van der Waals surface area contributed by atoms with Gasteiger partial charge in [-0.15, -0.1) is 0 Å². The third-order valence-corrected chi connectivity index (χ3v) is 3.52. The standard InChI is InChI=1S/C19H13NO4/c21-19(12-11-18-2-1-13-24-18)16-5-3-14(4-6-16)15-7-9-17(10-8-15)20(22)23/h1-13H/b12-11+. The van der Waals surface area contributed by atoms with Gasteiger partial charge in [-0.2, -0.15) is 0 Å². The number of furan rings is 1. The Labute approximate surface area is 138 Å². The fourth-order valence-corrected chi connectivity index (χ4v) is 2.24. The Balaban J connectivity index is 1.75. The molecule has 1 heterocycles. The van der Waals surface area contributed by atoms with Crippen LogP contribution in [-0.4, -0.2) is 10.7 Å². The van der Waals surface area contributed by atoms with Crippen LogP contribution in [-0.2, 0) is 0 Å². The first-order valence-corrected chi connectivity index (χ1v) is 7.24. The Morgan fingerprint density at radius 1 is 0.958 bits per heavy atom. The van der Waals surface area contributed by atoms with Crippen molar-refractivity contribution in [3.63, 3.8) is 0 Å². The van der Waals surface area contributed by atoms with Gasteiger partial charge in [-0.1, -0.05) is 24.3 Å². The number of nitro benzene ring substituents is 1. The zero-order valence-corrected chi connectivity index (χ0v) is 12.6. The van der Waals surface area contributed by atoms with E-state index in [0.29, 0.717) is 11.3 Å². The van der Waals surface area contributed by atoms with E-state index in [2.05, 4.69) is 0 Å². The molecule has 0 spiro atoms. The summed E-state index contributed by atoms with van der Waals surface area (Å²) in [5, 5.41) is 10.7. The van der Waals surface area contributed by atoms with Crippen LogP contribution in [0.4, 0.5) is 5.69 Å². The van der Waals surface area contributed by atoms with Crippen LogP contribution in [0.2, 0.25) is 0 Å². The average Bonchev–Trinajstić information content (AvgIpc) is 3.13. The monoisotopic (exact) mass is 319 g/mol. The molecule has 3 aromatic rings. The van der Waals surface area contributed by atoms with Gasteiger partial charge >= 0.3 is 0 Å². The van der Waals surface area contributed by atoms with E-state index in [4.69, 9.17) is 4.42 Å². The maximum absolute atomic E-state index is 12.1. The van der Waals surface area contributed by atoms with Gasteiger partial charge in [-0.25, -0.2) is 0 Å². The summed E-state index contributed by atoms with van der Waals surface area (Å²) in [6.45, 7) is 0. The Bertz CT molecular complexity index is 876. The molecular formula is C19H13NO4. The maximum atomic E-state index is 12.1. The van der Waals surface area contributed by atoms with Crippen LogP contribution in [0.25, 0.3) is 17.2 Å². The van der Waals surface area contributed by atoms with Gasteiger partial charge in [0.05, 0.1) is 11.2 Å². The summed E-state index contributed by atoms with van der Waals surface area (Å²) in [4.78, 5) is 22.3. The predicted octanol–water partition coefficient (Wildman–Crippen LogP) is 4.75. The second-order valence-corrected chi connectivity index (χ2v) is 5.09. The molecule has 3 rings (SSSR count). The highest BCUT2D eigenvalue weighted by atomic mass is 16.6. The number of benzene rings is 2. The number of carbonyl (C=O) groups excluding carboxylic acids is 1.